The van der Waals surface area contributed by atoms with Crippen molar-refractivity contribution in [1.29, 1.82) is 0 Å². The van der Waals surface area contributed by atoms with E-state index in [1.54, 1.807) is 0 Å². The van der Waals surface area contributed by atoms with E-state index in [0.29, 0.717) is 26.4 Å². The Bertz CT molecular complexity index is 1290. The average Bonchev–Trinajstić information content (AvgIpc) is 3.04. The average molecular weight is 553 g/mol. The molecule has 0 radical (unpaired) electrons. The van der Waals surface area contributed by atoms with E-state index in [1.165, 1.54) is 0 Å². The van der Waals surface area contributed by atoms with Crippen molar-refractivity contribution in [3.8, 4) is 0 Å². The minimum absolute atomic E-state index is 0.231. The molecule has 6 nitrogen and oxygen atoms in total. The van der Waals surface area contributed by atoms with Gasteiger partial charge >= 0.3 is 0 Å². The lowest BCUT2D eigenvalue weighted by Crippen LogP contribution is -2.61. The maximum Gasteiger partial charge on any atom is 0.151 e. The first-order chi connectivity index (χ1) is 20.3. The van der Waals surface area contributed by atoms with E-state index in [2.05, 4.69) is 0 Å². The van der Waals surface area contributed by atoms with Gasteiger partial charge in [-0.15, -0.1) is 0 Å². The van der Waals surface area contributed by atoms with Crippen molar-refractivity contribution in [3.05, 3.63) is 144 Å². The molecule has 1 aliphatic rings. The molecule has 1 saturated heterocycles. The lowest BCUT2D eigenvalue weighted by Gasteiger charge is -2.44. The van der Waals surface area contributed by atoms with E-state index in [0.717, 1.165) is 28.5 Å². The lowest BCUT2D eigenvalue weighted by molar-refractivity contribution is -0.264. The summed E-state index contributed by atoms with van der Waals surface area (Å²) in [6.07, 6.45) is -2.41. The molecule has 1 fully saturated rings. The number of carbonyl (C=O) groups excluding carboxylic acids is 1. The molecule has 1 aliphatic heterocycles. The van der Waals surface area contributed by atoms with Gasteiger partial charge in [-0.1, -0.05) is 121 Å². The highest BCUT2D eigenvalue weighted by atomic mass is 16.6. The Kier molecular flexibility index (Phi) is 10.8. The number of hydrogen-bond acceptors (Lipinski definition) is 6. The van der Waals surface area contributed by atoms with Gasteiger partial charge in [0.2, 0.25) is 0 Å². The third-order valence-corrected chi connectivity index (χ3v) is 7.05. The molecule has 4 aromatic carbocycles. The molecule has 0 amide bonds. The van der Waals surface area contributed by atoms with E-state index in [4.69, 9.17) is 23.7 Å². The van der Waals surface area contributed by atoms with Crippen LogP contribution in [0.15, 0.2) is 121 Å². The van der Waals surface area contributed by atoms with Crippen molar-refractivity contribution in [2.75, 3.05) is 6.61 Å². The summed E-state index contributed by atoms with van der Waals surface area (Å²) in [6, 6.07) is 39.7. The number of ether oxygens (including phenoxy) is 5. The summed E-state index contributed by atoms with van der Waals surface area (Å²) in [5.74, 6) is 0. The molecule has 4 aromatic rings. The van der Waals surface area contributed by atoms with Crippen LogP contribution in [0.1, 0.15) is 22.3 Å². The molecule has 0 unspecified atom stereocenters. The minimum atomic E-state index is -0.846. The van der Waals surface area contributed by atoms with Crippen LogP contribution in [0.5, 0.6) is 0 Å². The first-order valence-electron chi connectivity index (χ1n) is 14.0. The zero-order valence-corrected chi connectivity index (χ0v) is 23.0. The Hall–Kier alpha value is -3.65. The Morgan fingerprint density at radius 2 is 0.902 bits per heavy atom. The Morgan fingerprint density at radius 3 is 1.34 bits per heavy atom. The van der Waals surface area contributed by atoms with Crippen LogP contribution in [0.4, 0.5) is 0 Å². The van der Waals surface area contributed by atoms with Gasteiger partial charge in [-0.2, -0.15) is 0 Å². The lowest BCUT2D eigenvalue weighted by atomic mass is 9.94. The van der Waals surface area contributed by atoms with Crippen LogP contribution < -0.4 is 0 Å². The predicted molar refractivity (Wildman–Crippen MR) is 156 cm³/mol. The zero-order chi connectivity index (χ0) is 28.1. The van der Waals surface area contributed by atoms with E-state index in [1.807, 2.05) is 121 Å². The maximum atomic E-state index is 12.4. The molecule has 6 heteroatoms. The highest BCUT2D eigenvalue weighted by Gasteiger charge is 2.48. The highest BCUT2D eigenvalue weighted by Crippen LogP contribution is 2.30. The normalized spacial score (nSPS) is 22.3. The number of benzene rings is 4. The van der Waals surface area contributed by atoms with Crippen molar-refractivity contribution in [3.63, 3.8) is 0 Å². The number of aldehydes is 1. The van der Waals surface area contributed by atoms with Gasteiger partial charge < -0.3 is 28.5 Å². The second-order valence-electron chi connectivity index (χ2n) is 10.1. The standard InChI is InChI=1S/C35H36O6/c36-21-31-33(38-23-28-15-7-2-8-16-28)35(40-25-30-19-11-4-12-20-30)34(39-24-29-17-9-3-10-18-29)32(41-31)26-37-22-27-13-5-1-6-14-27/h1-21,31-35H,22-26H2/t31-,32-,33-,34-,35-/m1/s1. The number of hydrogen-bond donors (Lipinski definition) is 0. The maximum absolute atomic E-state index is 12.4. The van der Waals surface area contributed by atoms with Gasteiger partial charge in [0.15, 0.2) is 6.29 Å². The summed E-state index contributed by atoms with van der Waals surface area (Å²) in [5.41, 5.74) is 4.09. The molecular weight excluding hydrogens is 516 g/mol. The van der Waals surface area contributed by atoms with E-state index in [9.17, 15) is 4.79 Å². The first-order valence-corrected chi connectivity index (χ1v) is 14.0. The largest absolute Gasteiger partial charge is 0.374 e. The molecule has 0 N–H and O–H groups in total. The fourth-order valence-corrected chi connectivity index (χ4v) is 4.93. The second kappa shape index (κ2) is 15.4. The molecule has 0 aliphatic carbocycles. The topological polar surface area (TPSA) is 63.2 Å². The van der Waals surface area contributed by atoms with Gasteiger partial charge in [0.1, 0.15) is 30.5 Å². The molecule has 1 heterocycles. The number of carbonyl (C=O) groups is 1. The molecule has 5 atom stereocenters. The summed E-state index contributed by atoms with van der Waals surface area (Å²) >= 11 is 0. The molecule has 5 rings (SSSR count). The monoisotopic (exact) mass is 552 g/mol. The van der Waals surface area contributed by atoms with Crippen molar-refractivity contribution >= 4 is 6.29 Å². The van der Waals surface area contributed by atoms with E-state index in [-0.39, 0.29) is 6.61 Å². The van der Waals surface area contributed by atoms with Gasteiger partial charge in [-0.3, -0.25) is 0 Å². The molecule has 0 saturated carbocycles. The van der Waals surface area contributed by atoms with E-state index >= 15 is 0 Å². The second-order valence-corrected chi connectivity index (χ2v) is 10.1. The summed E-state index contributed by atoms with van der Waals surface area (Å²) in [4.78, 5) is 12.4. The highest BCUT2D eigenvalue weighted by molar-refractivity contribution is 5.58. The van der Waals surface area contributed by atoms with Crippen molar-refractivity contribution < 1.29 is 28.5 Å². The van der Waals surface area contributed by atoms with Crippen LogP contribution in [-0.2, 0) is 54.9 Å². The Balaban J connectivity index is 1.39. The Morgan fingerprint density at radius 1 is 0.512 bits per heavy atom. The first kappa shape index (κ1) is 28.9. The Labute approximate surface area is 241 Å². The summed E-state index contributed by atoms with van der Waals surface area (Å²) < 4.78 is 31.9. The van der Waals surface area contributed by atoms with Crippen LogP contribution in [0.25, 0.3) is 0 Å². The zero-order valence-electron chi connectivity index (χ0n) is 23.0. The third kappa shape index (κ3) is 8.43. The molecule has 212 valence electrons. The van der Waals surface area contributed by atoms with Gasteiger partial charge in [0.25, 0.3) is 0 Å². The van der Waals surface area contributed by atoms with E-state index < -0.39 is 30.5 Å². The van der Waals surface area contributed by atoms with Crippen molar-refractivity contribution in [2.45, 2.75) is 56.9 Å². The summed E-state index contributed by atoms with van der Waals surface area (Å²) in [5, 5.41) is 0. The van der Waals surface area contributed by atoms with Gasteiger partial charge in [0.05, 0.1) is 33.0 Å². The molecule has 0 spiro atoms. The van der Waals surface area contributed by atoms with Crippen LogP contribution in [0.2, 0.25) is 0 Å². The predicted octanol–water partition coefficient (Wildman–Crippen LogP) is 5.93. The van der Waals surface area contributed by atoms with Crippen molar-refractivity contribution in [2.24, 2.45) is 0 Å². The van der Waals surface area contributed by atoms with Crippen LogP contribution in [-0.4, -0.2) is 43.4 Å². The molecule has 0 aromatic heterocycles. The van der Waals surface area contributed by atoms with Crippen LogP contribution in [0, 0.1) is 0 Å². The third-order valence-electron chi connectivity index (χ3n) is 7.05. The summed E-state index contributed by atoms with van der Waals surface area (Å²) in [7, 11) is 0. The minimum Gasteiger partial charge on any atom is -0.374 e. The molecular formula is C35H36O6. The quantitative estimate of drug-likeness (QED) is 0.181. The van der Waals surface area contributed by atoms with Crippen molar-refractivity contribution in [1.82, 2.24) is 0 Å². The van der Waals surface area contributed by atoms with Crippen LogP contribution >= 0.6 is 0 Å². The summed E-state index contributed by atoms with van der Waals surface area (Å²) in [6.45, 7) is 1.65. The molecule has 41 heavy (non-hydrogen) atoms. The SMILES string of the molecule is O=C[C@H]1O[C@H](COCc2ccccc2)[C@@H](OCc2ccccc2)[C@H](OCc2ccccc2)[C@@H]1OCc1ccccc1. The van der Waals surface area contributed by atoms with Gasteiger partial charge in [-0.25, -0.2) is 0 Å². The van der Waals surface area contributed by atoms with Gasteiger partial charge in [0, 0.05) is 0 Å². The smallest absolute Gasteiger partial charge is 0.151 e. The number of rotatable bonds is 14. The fraction of sp³-hybridized carbons (Fsp3) is 0.286. The molecule has 0 bridgehead atoms. The van der Waals surface area contributed by atoms with Gasteiger partial charge in [-0.05, 0) is 22.3 Å². The van der Waals surface area contributed by atoms with Crippen LogP contribution in [0.3, 0.4) is 0 Å². The fourth-order valence-electron chi connectivity index (χ4n) is 4.93.